The summed E-state index contributed by atoms with van der Waals surface area (Å²) in [5.41, 5.74) is -0.256. The molecule has 2 aliphatic rings. The Kier molecular flexibility index (Phi) is 5.94. The average Bonchev–Trinajstić information content (AvgIpc) is 3.57. The first-order valence-corrected chi connectivity index (χ1v) is 11.0. The summed E-state index contributed by atoms with van der Waals surface area (Å²) in [4.78, 5) is 49.2. The molecule has 2 heterocycles. The Morgan fingerprint density at radius 2 is 2.00 bits per heavy atom. The number of aromatic nitrogens is 2. The highest BCUT2D eigenvalue weighted by molar-refractivity contribution is 5.83. The zero-order chi connectivity index (χ0) is 23.0. The van der Waals surface area contributed by atoms with Crippen LogP contribution in [0.5, 0.6) is 0 Å². The number of rotatable bonds is 4. The molecule has 2 aromatic rings. The lowest BCUT2D eigenvalue weighted by Gasteiger charge is -2.37. The highest BCUT2D eigenvalue weighted by Gasteiger charge is 2.42. The molecular formula is C23H30N4O5. The van der Waals surface area contributed by atoms with Crippen molar-refractivity contribution < 1.29 is 19.1 Å². The summed E-state index contributed by atoms with van der Waals surface area (Å²) in [6.45, 7) is 8.04. The third-order valence-electron chi connectivity index (χ3n) is 5.63. The van der Waals surface area contributed by atoms with Gasteiger partial charge in [-0.15, -0.1) is 0 Å². The van der Waals surface area contributed by atoms with Gasteiger partial charge in [0.1, 0.15) is 11.4 Å². The van der Waals surface area contributed by atoms with Gasteiger partial charge in [-0.25, -0.2) is 9.78 Å². The number of nitrogens with zero attached hydrogens (tertiary/aromatic N) is 3. The highest BCUT2D eigenvalue weighted by Crippen LogP contribution is 2.34. The fraction of sp³-hybridized carbons (Fsp3) is 0.565. The number of benzene rings is 1. The van der Waals surface area contributed by atoms with Crippen LogP contribution in [0.1, 0.15) is 52.4 Å². The highest BCUT2D eigenvalue weighted by atomic mass is 16.6. The summed E-state index contributed by atoms with van der Waals surface area (Å²) < 4.78 is 11.2. The quantitative estimate of drug-likeness (QED) is 0.780. The Bertz CT molecular complexity index is 1070. The van der Waals surface area contributed by atoms with Crippen molar-refractivity contribution in [1.82, 2.24) is 19.8 Å². The van der Waals surface area contributed by atoms with Gasteiger partial charge in [0, 0.05) is 12.6 Å². The molecule has 1 aliphatic carbocycles. The lowest BCUT2D eigenvalue weighted by molar-refractivity contribution is -0.152. The van der Waals surface area contributed by atoms with Crippen LogP contribution in [-0.2, 0) is 14.3 Å². The number of H-pyrrole nitrogens is 1. The largest absolute Gasteiger partial charge is 0.444 e. The van der Waals surface area contributed by atoms with E-state index in [1.54, 1.807) is 23.1 Å². The van der Waals surface area contributed by atoms with E-state index in [1.807, 2.05) is 33.8 Å². The number of aromatic amines is 1. The van der Waals surface area contributed by atoms with Crippen LogP contribution in [0, 0.1) is 0 Å². The maximum atomic E-state index is 13.5. The summed E-state index contributed by atoms with van der Waals surface area (Å²) in [7, 11) is 0. The van der Waals surface area contributed by atoms with E-state index in [2.05, 4.69) is 9.97 Å². The standard InChI is InChI=1S/C23H30N4O5/c1-14(19-24-17-8-6-5-7-16(17)20(28)25-19)27(15-9-10-15)21(29)18-13-26(11-12-31-18)22(30)32-23(2,3)4/h5-8,14-15,18H,9-13H2,1-4H3,(H,24,25,28)/t14-,18+/m0/s1. The molecule has 1 aromatic heterocycles. The number of nitrogens with one attached hydrogen (secondary N) is 1. The topological polar surface area (TPSA) is 105 Å². The molecule has 0 unspecified atom stereocenters. The van der Waals surface area contributed by atoms with E-state index < -0.39 is 23.8 Å². The minimum absolute atomic E-state index is 0.0646. The number of para-hydroxylation sites is 1. The van der Waals surface area contributed by atoms with Gasteiger partial charge >= 0.3 is 6.09 Å². The number of carbonyl (C=O) groups excluding carboxylic acids is 2. The Morgan fingerprint density at radius 3 is 2.69 bits per heavy atom. The predicted octanol–water partition coefficient (Wildman–Crippen LogP) is 2.61. The Balaban J connectivity index is 1.54. The van der Waals surface area contributed by atoms with E-state index in [1.165, 1.54) is 4.90 Å². The minimum atomic E-state index is -0.786. The van der Waals surface area contributed by atoms with E-state index in [0.29, 0.717) is 23.3 Å². The van der Waals surface area contributed by atoms with Gasteiger partial charge in [0.2, 0.25) is 0 Å². The normalized spacial score (nSPS) is 20.1. The summed E-state index contributed by atoms with van der Waals surface area (Å²) in [6, 6.07) is 6.75. The number of ether oxygens (including phenoxy) is 2. The average molecular weight is 443 g/mol. The summed E-state index contributed by atoms with van der Waals surface area (Å²) in [5, 5.41) is 0.511. The zero-order valence-corrected chi connectivity index (χ0v) is 19.0. The Morgan fingerprint density at radius 1 is 1.28 bits per heavy atom. The molecule has 2 fully saturated rings. The molecule has 1 aliphatic heterocycles. The molecule has 4 rings (SSSR count). The van der Waals surface area contributed by atoms with E-state index >= 15 is 0 Å². The third kappa shape index (κ3) is 4.77. The minimum Gasteiger partial charge on any atom is -0.444 e. The maximum Gasteiger partial charge on any atom is 0.410 e. The van der Waals surface area contributed by atoms with Gasteiger partial charge in [0.05, 0.1) is 30.1 Å². The number of amides is 2. The molecule has 2 atom stereocenters. The van der Waals surface area contributed by atoms with E-state index in [0.717, 1.165) is 12.8 Å². The van der Waals surface area contributed by atoms with Gasteiger partial charge in [-0.3, -0.25) is 9.59 Å². The smallest absolute Gasteiger partial charge is 0.410 e. The lowest BCUT2D eigenvalue weighted by Crippen LogP contribution is -2.54. The van der Waals surface area contributed by atoms with Crippen LogP contribution in [0.25, 0.3) is 10.9 Å². The molecule has 0 radical (unpaired) electrons. The molecular weight excluding hydrogens is 412 g/mol. The number of fused-ring (bicyclic) bond motifs is 1. The molecule has 0 spiro atoms. The zero-order valence-electron chi connectivity index (χ0n) is 19.0. The number of hydrogen-bond donors (Lipinski definition) is 1. The Hall–Kier alpha value is -2.94. The first-order chi connectivity index (χ1) is 15.1. The van der Waals surface area contributed by atoms with Gasteiger partial charge in [-0.2, -0.15) is 0 Å². The Labute approximate surface area is 186 Å². The molecule has 9 heteroatoms. The van der Waals surface area contributed by atoms with E-state index in [9.17, 15) is 14.4 Å². The number of morpholine rings is 1. The summed E-state index contributed by atoms with van der Waals surface area (Å²) in [6.07, 6.45) is 0.531. The predicted molar refractivity (Wildman–Crippen MR) is 118 cm³/mol. The molecule has 1 aromatic carbocycles. The van der Waals surface area contributed by atoms with Gasteiger partial charge in [-0.05, 0) is 52.7 Å². The summed E-state index contributed by atoms with van der Waals surface area (Å²) >= 11 is 0. The molecule has 1 N–H and O–H groups in total. The van der Waals surface area contributed by atoms with Crippen molar-refractivity contribution in [3.8, 4) is 0 Å². The number of hydrogen-bond acceptors (Lipinski definition) is 6. The maximum absolute atomic E-state index is 13.5. The molecule has 0 bridgehead atoms. The van der Waals surface area contributed by atoms with Crippen LogP contribution < -0.4 is 5.56 Å². The molecule has 1 saturated carbocycles. The van der Waals surface area contributed by atoms with Crippen molar-refractivity contribution in [2.75, 3.05) is 19.7 Å². The van der Waals surface area contributed by atoms with E-state index in [-0.39, 0.29) is 30.7 Å². The van der Waals surface area contributed by atoms with Gasteiger partial charge in [-0.1, -0.05) is 12.1 Å². The van der Waals surface area contributed by atoms with E-state index in [4.69, 9.17) is 9.47 Å². The number of carbonyl (C=O) groups is 2. The lowest BCUT2D eigenvalue weighted by atomic mass is 10.1. The van der Waals surface area contributed by atoms with Gasteiger partial charge in [0.15, 0.2) is 6.10 Å². The SMILES string of the molecule is C[C@@H](c1nc2ccccc2c(=O)[nH]1)N(C(=O)[C@H]1CN(C(=O)OC(C)(C)C)CCO1)C1CC1. The third-order valence-corrected chi connectivity index (χ3v) is 5.63. The summed E-state index contributed by atoms with van der Waals surface area (Å²) in [5.74, 6) is 0.234. The van der Waals surface area contributed by atoms with Crippen molar-refractivity contribution in [3.05, 3.63) is 40.4 Å². The second-order valence-electron chi connectivity index (χ2n) is 9.41. The molecule has 2 amide bonds. The second-order valence-corrected chi connectivity index (χ2v) is 9.41. The first-order valence-electron chi connectivity index (χ1n) is 11.0. The molecule has 172 valence electrons. The van der Waals surface area contributed by atoms with Crippen molar-refractivity contribution in [1.29, 1.82) is 0 Å². The van der Waals surface area contributed by atoms with Crippen molar-refractivity contribution >= 4 is 22.9 Å². The molecule has 32 heavy (non-hydrogen) atoms. The fourth-order valence-corrected chi connectivity index (χ4v) is 3.93. The van der Waals surface area contributed by atoms with Crippen LogP contribution in [0.2, 0.25) is 0 Å². The van der Waals surface area contributed by atoms with Crippen molar-refractivity contribution in [2.45, 2.75) is 64.3 Å². The molecule has 9 nitrogen and oxygen atoms in total. The van der Waals surface area contributed by atoms with Crippen LogP contribution in [0.4, 0.5) is 4.79 Å². The van der Waals surface area contributed by atoms with Gasteiger partial charge < -0.3 is 24.3 Å². The molecule has 1 saturated heterocycles. The van der Waals surface area contributed by atoms with Crippen molar-refractivity contribution in [3.63, 3.8) is 0 Å². The second kappa shape index (κ2) is 8.54. The van der Waals surface area contributed by atoms with Gasteiger partial charge in [0.25, 0.3) is 11.5 Å². The van der Waals surface area contributed by atoms with Crippen LogP contribution in [-0.4, -0.2) is 69.2 Å². The first kappa shape index (κ1) is 22.3. The van der Waals surface area contributed by atoms with Crippen LogP contribution >= 0.6 is 0 Å². The van der Waals surface area contributed by atoms with Crippen LogP contribution in [0.15, 0.2) is 29.1 Å². The monoisotopic (exact) mass is 442 g/mol. The van der Waals surface area contributed by atoms with Crippen LogP contribution in [0.3, 0.4) is 0 Å². The fourth-order valence-electron chi connectivity index (χ4n) is 3.93. The van der Waals surface area contributed by atoms with Crippen molar-refractivity contribution in [2.24, 2.45) is 0 Å².